The van der Waals surface area contributed by atoms with Crippen molar-refractivity contribution < 1.29 is 19.5 Å². The van der Waals surface area contributed by atoms with Gasteiger partial charge in [-0.15, -0.1) is 0 Å². The molecule has 2 N–H and O–H groups in total. The summed E-state index contributed by atoms with van der Waals surface area (Å²) in [6, 6.07) is 4.28. The largest absolute Gasteiger partial charge is 0.478 e. The molecule has 6 nitrogen and oxygen atoms in total. The van der Waals surface area contributed by atoms with Crippen LogP contribution in [-0.4, -0.2) is 41.4 Å². The lowest BCUT2D eigenvalue weighted by Crippen LogP contribution is -2.33. The van der Waals surface area contributed by atoms with Crippen LogP contribution in [0.4, 0.5) is 5.69 Å². The number of nitrogens with one attached hydrogen (secondary N) is 1. The fraction of sp³-hybridized carbons (Fsp3) is 0.250. The van der Waals surface area contributed by atoms with E-state index in [1.165, 1.54) is 37.1 Å². The number of carbonyl (C=O) groups excluding carboxylic acids is 2. The fourth-order valence-electron chi connectivity index (χ4n) is 1.34. The molecule has 0 bridgehead atoms. The topological polar surface area (TPSA) is 86.7 Å². The zero-order chi connectivity index (χ0) is 14.6. The van der Waals surface area contributed by atoms with E-state index in [2.05, 4.69) is 5.32 Å². The summed E-state index contributed by atoms with van der Waals surface area (Å²) in [5.41, 5.74) is -0.0788. The van der Waals surface area contributed by atoms with Crippen LogP contribution >= 0.6 is 11.6 Å². The van der Waals surface area contributed by atoms with Gasteiger partial charge in [0, 0.05) is 14.0 Å². The van der Waals surface area contributed by atoms with Crippen LogP contribution in [-0.2, 0) is 9.59 Å². The lowest BCUT2D eigenvalue weighted by molar-refractivity contribution is -0.131. The smallest absolute Gasteiger partial charge is 0.337 e. The highest BCUT2D eigenvalue weighted by Gasteiger charge is 2.16. The molecule has 0 saturated heterocycles. The lowest BCUT2D eigenvalue weighted by Gasteiger charge is -2.15. The normalized spacial score (nSPS) is 9.84. The van der Waals surface area contributed by atoms with Gasteiger partial charge in [0.2, 0.25) is 11.8 Å². The second-order valence-corrected chi connectivity index (χ2v) is 4.30. The van der Waals surface area contributed by atoms with Crippen molar-refractivity contribution in [2.45, 2.75) is 6.92 Å². The minimum Gasteiger partial charge on any atom is -0.478 e. The molecule has 0 unspecified atom stereocenters. The predicted molar refractivity (Wildman–Crippen MR) is 70.4 cm³/mol. The van der Waals surface area contributed by atoms with E-state index < -0.39 is 11.9 Å². The number of hydrogen-bond donors (Lipinski definition) is 2. The second-order valence-electron chi connectivity index (χ2n) is 3.89. The number of anilines is 1. The van der Waals surface area contributed by atoms with E-state index in [1.54, 1.807) is 0 Å². The Balaban J connectivity index is 2.90. The van der Waals surface area contributed by atoms with Gasteiger partial charge in [0.25, 0.3) is 0 Å². The van der Waals surface area contributed by atoms with E-state index >= 15 is 0 Å². The molecule has 1 rings (SSSR count). The minimum atomic E-state index is -1.20. The monoisotopic (exact) mass is 284 g/mol. The predicted octanol–water partition coefficient (Wildman–Crippen LogP) is 1.45. The van der Waals surface area contributed by atoms with Gasteiger partial charge in [-0.3, -0.25) is 9.59 Å². The van der Waals surface area contributed by atoms with Gasteiger partial charge < -0.3 is 15.3 Å². The summed E-state index contributed by atoms with van der Waals surface area (Å²) < 4.78 is 0. The van der Waals surface area contributed by atoms with Crippen LogP contribution in [0.5, 0.6) is 0 Å². The van der Waals surface area contributed by atoms with Crippen molar-refractivity contribution in [3.8, 4) is 0 Å². The van der Waals surface area contributed by atoms with E-state index in [-0.39, 0.29) is 28.7 Å². The number of carbonyl (C=O) groups is 3. The van der Waals surface area contributed by atoms with Crippen LogP contribution in [0.25, 0.3) is 0 Å². The Labute approximate surface area is 115 Å². The van der Waals surface area contributed by atoms with Crippen molar-refractivity contribution in [1.29, 1.82) is 0 Å². The van der Waals surface area contributed by atoms with E-state index in [4.69, 9.17) is 16.7 Å². The van der Waals surface area contributed by atoms with Crippen molar-refractivity contribution in [3.05, 3.63) is 28.8 Å². The van der Waals surface area contributed by atoms with E-state index in [1.807, 2.05) is 0 Å². The number of carboxylic acid groups (broad SMARTS) is 1. The number of rotatable bonds is 4. The summed E-state index contributed by atoms with van der Waals surface area (Å²) in [7, 11) is 1.46. The number of hydrogen-bond acceptors (Lipinski definition) is 3. The summed E-state index contributed by atoms with van der Waals surface area (Å²) in [6.07, 6.45) is 0. The molecule has 0 aliphatic heterocycles. The molecule has 1 aromatic carbocycles. The van der Waals surface area contributed by atoms with Crippen molar-refractivity contribution in [3.63, 3.8) is 0 Å². The van der Waals surface area contributed by atoms with Gasteiger partial charge in [0.05, 0.1) is 22.8 Å². The zero-order valence-corrected chi connectivity index (χ0v) is 11.2. The molecule has 0 heterocycles. The van der Waals surface area contributed by atoms with E-state index in [0.29, 0.717) is 0 Å². The molecule has 0 spiro atoms. The quantitative estimate of drug-likeness (QED) is 0.876. The third-order valence-electron chi connectivity index (χ3n) is 2.43. The second kappa shape index (κ2) is 6.19. The first-order chi connectivity index (χ1) is 8.82. The Kier molecular flexibility index (Phi) is 4.88. The first-order valence-corrected chi connectivity index (χ1v) is 5.74. The molecule has 1 aromatic rings. The molecule has 0 aliphatic rings. The number of amides is 2. The van der Waals surface area contributed by atoms with Crippen LogP contribution in [0.2, 0.25) is 5.02 Å². The molecule has 0 radical (unpaired) electrons. The Morgan fingerprint density at radius 3 is 2.53 bits per heavy atom. The summed E-state index contributed by atoms with van der Waals surface area (Å²) >= 11 is 5.86. The maximum atomic E-state index is 11.7. The number of carboxylic acids is 1. The van der Waals surface area contributed by atoms with Gasteiger partial charge in [0.1, 0.15) is 0 Å². The maximum Gasteiger partial charge on any atom is 0.337 e. The van der Waals surface area contributed by atoms with Gasteiger partial charge in [-0.2, -0.15) is 0 Å². The third kappa shape index (κ3) is 3.96. The van der Waals surface area contributed by atoms with Crippen molar-refractivity contribution in [1.82, 2.24) is 4.90 Å². The fourth-order valence-corrected chi connectivity index (χ4v) is 1.56. The molecular formula is C12H13ClN2O4. The SMILES string of the molecule is CC(=O)N(C)CC(=O)Nc1c(Cl)cccc1C(=O)O. The zero-order valence-electron chi connectivity index (χ0n) is 10.4. The summed E-state index contributed by atoms with van der Waals surface area (Å²) in [4.78, 5) is 34.9. The standard InChI is InChI=1S/C12H13ClN2O4/c1-7(16)15(2)6-10(17)14-11-8(12(18)19)4-3-5-9(11)13/h3-5H,6H2,1-2H3,(H,14,17)(H,18,19). The van der Waals surface area contributed by atoms with Gasteiger partial charge >= 0.3 is 5.97 Å². The van der Waals surface area contributed by atoms with Crippen LogP contribution in [0.3, 0.4) is 0 Å². The molecular weight excluding hydrogens is 272 g/mol. The summed E-state index contributed by atoms with van der Waals surface area (Å²) in [5.74, 6) is -1.99. The number of nitrogens with zero attached hydrogens (tertiary/aromatic N) is 1. The molecule has 0 fully saturated rings. The first kappa shape index (κ1) is 15.0. The van der Waals surface area contributed by atoms with Crippen LogP contribution < -0.4 is 5.32 Å². The summed E-state index contributed by atoms with van der Waals surface area (Å²) in [6.45, 7) is 1.14. The molecule has 19 heavy (non-hydrogen) atoms. The van der Waals surface area contributed by atoms with Crippen molar-refractivity contribution in [2.75, 3.05) is 18.9 Å². The Hall–Kier alpha value is -2.08. The van der Waals surface area contributed by atoms with Crippen molar-refractivity contribution in [2.24, 2.45) is 0 Å². The van der Waals surface area contributed by atoms with E-state index in [0.717, 1.165) is 0 Å². The molecule has 2 amide bonds. The molecule has 0 atom stereocenters. The van der Waals surface area contributed by atoms with Crippen LogP contribution in [0.15, 0.2) is 18.2 Å². The number of para-hydroxylation sites is 1. The average molecular weight is 285 g/mol. The van der Waals surface area contributed by atoms with Gasteiger partial charge in [-0.25, -0.2) is 4.79 Å². The van der Waals surface area contributed by atoms with Crippen LogP contribution in [0.1, 0.15) is 17.3 Å². The number of benzene rings is 1. The lowest BCUT2D eigenvalue weighted by atomic mass is 10.2. The number of aromatic carboxylic acids is 1. The van der Waals surface area contributed by atoms with Gasteiger partial charge in [-0.05, 0) is 12.1 Å². The third-order valence-corrected chi connectivity index (χ3v) is 2.74. The number of likely N-dealkylation sites (N-methyl/N-ethyl adjacent to an activating group) is 1. The molecule has 102 valence electrons. The molecule has 0 aliphatic carbocycles. The highest BCUT2D eigenvalue weighted by Crippen LogP contribution is 2.25. The maximum absolute atomic E-state index is 11.7. The Bertz CT molecular complexity index is 530. The first-order valence-electron chi connectivity index (χ1n) is 5.36. The Morgan fingerprint density at radius 2 is 2.00 bits per heavy atom. The van der Waals surface area contributed by atoms with Crippen LogP contribution in [0, 0.1) is 0 Å². The van der Waals surface area contributed by atoms with Gasteiger partial charge in [0.15, 0.2) is 0 Å². The highest BCUT2D eigenvalue weighted by atomic mass is 35.5. The molecule has 7 heteroatoms. The molecule has 0 aromatic heterocycles. The van der Waals surface area contributed by atoms with Gasteiger partial charge in [-0.1, -0.05) is 17.7 Å². The Morgan fingerprint density at radius 1 is 1.37 bits per heavy atom. The highest BCUT2D eigenvalue weighted by molar-refractivity contribution is 6.34. The van der Waals surface area contributed by atoms with E-state index in [9.17, 15) is 14.4 Å². The average Bonchev–Trinajstić information content (AvgIpc) is 2.31. The molecule has 0 saturated carbocycles. The summed E-state index contributed by atoms with van der Waals surface area (Å²) in [5, 5.41) is 11.5. The minimum absolute atomic E-state index is 0.0265. The number of halogens is 1. The van der Waals surface area contributed by atoms with Crippen molar-refractivity contribution >= 4 is 35.1 Å².